The molecule has 1 N–H and O–H groups in total. The molecule has 1 atom stereocenters. The van der Waals surface area contributed by atoms with Crippen LogP contribution in [0.2, 0.25) is 0 Å². The van der Waals surface area contributed by atoms with Crippen molar-refractivity contribution < 1.29 is 13.2 Å². The van der Waals surface area contributed by atoms with Gasteiger partial charge in [-0.1, -0.05) is 0 Å². The van der Waals surface area contributed by atoms with E-state index < -0.39 is 12.2 Å². The first-order valence-electron chi connectivity index (χ1n) is 2.42. The highest BCUT2D eigenvalue weighted by Gasteiger charge is 2.40. The van der Waals surface area contributed by atoms with Crippen LogP contribution >= 0.6 is 0 Å². The molecule has 1 unspecified atom stereocenters. The van der Waals surface area contributed by atoms with Gasteiger partial charge < -0.3 is 5.32 Å². The van der Waals surface area contributed by atoms with Crippen LogP contribution in [0.5, 0.6) is 0 Å². The van der Waals surface area contributed by atoms with Gasteiger partial charge in [-0.25, -0.2) is 0 Å². The molecule has 5 heteroatoms. The van der Waals surface area contributed by atoms with Gasteiger partial charge in [-0.15, -0.1) is 0 Å². The fourth-order valence-electron chi connectivity index (χ4n) is 0.551. The van der Waals surface area contributed by atoms with Crippen LogP contribution in [0.15, 0.2) is 4.99 Å². The van der Waals surface area contributed by atoms with E-state index in [1.54, 1.807) is 0 Å². The van der Waals surface area contributed by atoms with E-state index in [1.165, 1.54) is 0 Å². The molecule has 52 valence electrons. The summed E-state index contributed by atoms with van der Waals surface area (Å²) in [5.74, 6) is 0. The number of hydrogen-bond donors (Lipinski definition) is 1. The minimum absolute atomic E-state index is 0.191. The monoisotopic (exact) mass is 138 g/mol. The maximum atomic E-state index is 11.6. The molecule has 0 saturated heterocycles. The Hall–Kier alpha value is -0.740. The number of nitrogens with one attached hydrogen (secondary N) is 1. The summed E-state index contributed by atoms with van der Waals surface area (Å²) in [5.41, 5.74) is 0. The van der Waals surface area contributed by atoms with Gasteiger partial charge in [0, 0.05) is 0 Å². The second-order valence-corrected chi connectivity index (χ2v) is 1.76. The zero-order valence-corrected chi connectivity index (χ0v) is 4.44. The summed E-state index contributed by atoms with van der Waals surface area (Å²) in [6.07, 6.45) is -3.07. The molecule has 1 aliphatic rings. The molecule has 1 heterocycles. The van der Waals surface area contributed by atoms with Gasteiger partial charge in [-0.2, -0.15) is 13.2 Å². The Bertz CT molecular complexity index is 120. The smallest absolute Gasteiger partial charge is 0.364 e. The largest absolute Gasteiger partial charge is 0.410 e. The van der Waals surface area contributed by atoms with Gasteiger partial charge in [0.1, 0.15) is 6.04 Å². The number of halogens is 3. The first-order valence-corrected chi connectivity index (χ1v) is 2.42. The quantitative estimate of drug-likeness (QED) is 0.519. The minimum atomic E-state index is -4.16. The van der Waals surface area contributed by atoms with Crippen molar-refractivity contribution in [1.82, 2.24) is 5.32 Å². The van der Waals surface area contributed by atoms with Gasteiger partial charge in [0.25, 0.3) is 0 Å². The summed E-state index contributed by atoms with van der Waals surface area (Å²) in [6, 6.07) is -1.46. The van der Waals surface area contributed by atoms with E-state index >= 15 is 0 Å². The van der Waals surface area contributed by atoms with Crippen LogP contribution in [0.1, 0.15) is 0 Å². The SMILES string of the molecule is FC(F)(F)C1CN=CN1. The lowest BCUT2D eigenvalue weighted by molar-refractivity contribution is -0.147. The summed E-state index contributed by atoms with van der Waals surface area (Å²) in [6.45, 7) is -0.191. The molecule has 1 aliphatic heterocycles. The molecule has 0 bridgehead atoms. The highest BCUT2D eigenvalue weighted by Crippen LogP contribution is 2.21. The molecule has 0 aromatic rings. The first-order chi connectivity index (χ1) is 4.11. The number of rotatable bonds is 0. The lowest BCUT2D eigenvalue weighted by Gasteiger charge is -2.12. The van der Waals surface area contributed by atoms with E-state index in [-0.39, 0.29) is 6.54 Å². The molecule has 1 rings (SSSR count). The molecule has 9 heavy (non-hydrogen) atoms. The standard InChI is InChI=1S/C4H5F3N2/c5-4(6,7)3-1-8-2-9-3/h2-3H,1H2,(H,8,9). The van der Waals surface area contributed by atoms with Crippen molar-refractivity contribution in [3.8, 4) is 0 Å². The molecule has 0 fully saturated rings. The van der Waals surface area contributed by atoms with Crippen molar-refractivity contribution in [2.24, 2.45) is 4.99 Å². The van der Waals surface area contributed by atoms with Crippen LogP contribution in [0.4, 0.5) is 13.2 Å². The zero-order valence-electron chi connectivity index (χ0n) is 4.44. The molecule has 0 aromatic heterocycles. The average Bonchev–Trinajstić information content (AvgIpc) is 2.08. The topological polar surface area (TPSA) is 24.4 Å². The third kappa shape index (κ3) is 1.34. The molecular formula is C4H5F3N2. The van der Waals surface area contributed by atoms with Gasteiger partial charge in [-0.3, -0.25) is 4.99 Å². The van der Waals surface area contributed by atoms with Crippen LogP contribution < -0.4 is 5.32 Å². The maximum Gasteiger partial charge on any atom is 0.410 e. The number of nitrogens with zero attached hydrogens (tertiary/aromatic N) is 1. The van der Waals surface area contributed by atoms with Crippen molar-refractivity contribution in [2.75, 3.05) is 6.54 Å². The fraction of sp³-hybridized carbons (Fsp3) is 0.750. The summed E-state index contributed by atoms with van der Waals surface area (Å²) >= 11 is 0. The van der Waals surface area contributed by atoms with Crippen molar-refractivity contribution in [2.45, 2.75) is 12.2 Å². The molecule has 0 radical (unpaired) electrons. The second kappa shape index (κ2) is 1.89. The van der Waals surface area contributed by atoms with Gasteiger partial charge in [0.05, 0.1) is 12.9 Å². The average molecular weight is 138 g/mol. The van der Waals surface area contributed by atoms with Crippen LogP contribution in [0, 0.1) is 0 Å². The summed E-state index contributed by atoms with van der Waals surface area (Å²) in [4.78, 5) is 3.38. The minimum Gasteiger partial charge on any atom is -0.364 e. The van der Waals surface area contributed by atoms with Crippen LogP contribution in [-0.4, -0.2) is 25.1 Å². The van der Waals surface area contributed by atoms with Crippen LogP contribution in [0.3, 0.4) is 0 Å². The van der Waals surface area contributed by atoms with Crippen molar-refractivity contribution in [1.29, 1.82) is 0 Å². The Morgan fingerprint density at radius 3 is 2.44 bits per heavy atom. The van der Waals surface area contributed by atoms with Gasteiger partial charge in [-0.05, 0) is 0 Å². The van der Waals surface area contributed by atoms with E-state index in [2.05, 4.69) is 10.3 Å². The third-order valence-electron chi connectivity index (χ3n) is 1.05. The molecule has 0 saturated carbocycles. The van der Waals surface area contributed by atoms with Gasteiger partial charge in [0.15, 0.2) is 0 Å². The Balaban J connectivity index is 2.46. The number of aliphatic imine (C=N–C) groups is 1. The molecule has 0 aliphatic carbocycles. The summed E-state index contributed by atoms with van der Waals surface area (Å²) < 4.78 is 34.9. The predicted molar refractivity (Wildman–Crippen MR) is 26.3 cm³/mol. The van der Waals surface area contributed by atoms with Gasteiger partial charge in [0.2, 0.25) is 0 Å². The normalized spacial score (nSPS) is 26.3. The van der Waals surface area contributed by atoms with E-state index in [0.29, 0.717) is 0 Å². The van der Waals surface area contributed by atoms with Crippen molar-refractivity contribution >= 4 is 6.34 Å². The van der Waals surface area contributed by atoms with Crippen LogP contribution in [-0.2, 0) is 0 Å². The van der Waals surface area contributed by atoms with Crippen molar-refractivity contribution in [3.63, 3.8) is 0 Å². The molecule has 2 nitrogen and oxygen atoms in total. The lowest BCUT2D eigenvalue weighted by Crippen LogP contribution is -2.39. The number of hydrogen-bond acceptors (Lipinski definition) is 2. The van der Waals surface area contributed by atoms with Crippen molar-refractivity contribution in [3.05, 3.63) is 0 Å². The lowest BCUT2D eigenvalue weighted by atomic mass is 10.3. The van der Waals surface area contributed by atoms with E-state index in [4.69, 9.17) is 0 Å². The second-order valence-electron chi connectivity index (χ2n) is 1.76. The zero-order chi connectivity index (χ0) is 6.91. The fourth-order valence-corrected chi connectivity index (χ4v) is 0.551. The maximum absolute atomic E-state index is 11.6. The van der Waals surface area contributed by atoms with E-state index in [9.17, 15) is 13.2 Å². The van der Waals surface area contributed by atoms with E-state index in [0.717, 1.165) is 6.34 Å². The van der Waals surface area contributed by atoms with Gasteiger partial charge >= 0.3 is 6.18 Å². The highest BCUT2D eigenvalue weighted by atomic mass is 19.4. The summed E-state index contributed by atoms with van der Waals surface area (Å²) in [5, 5.41) is 2.08. The third-order valence-corrected chi connectivity index (χ3v) is 1.05. The molecular weight excluding hydrogens is 133 g/mol. The van der Waals surface area contributed by atoms with E-state index in [1.807, 2.05) is 0 Å². The first kappa shape index (κ1) is 6.38. The van der Waals surface area contributed by atoms with Crippen LogP contribution in [0.25, 0.3) is 0 Å². The Morgan fingerprint density at radius 2 is 2.22 bits per heavy atom. The highest BCUT2D eigenvalue weighted by molar-refractivity contribution is 5.57. The molecule has 0 spiro atoms. The Labute approximate surface area is 49.8 Å². The predicted octanol–water partition coefficient (Wildman–Crippen LogP) is 0.549. The summed E-state index contributed by atoms with van der Waals surface area (Å²) in [7, 11) is 0. The molecule has 0 amide bonds. The Kier molecular flexibility index (Phi) is 1.34. The Morgan fingerprint density at radius 1 is 1.56 bits per heavy atom. The number of alkyl halides is 3. The molecule has 0 aromatic carbocycles.